The summed E-state index contributed by atoms with van der Waals surface area (Å²) in [6.07, 6.45) is 2.07. The summed E-state index contributed by atoms with van der Waals surface area (Å²) in [5.41, 5.74) is 1.31. The number of nitrogens with zero attached hydrogens (tertiary/aromatic N) is 3. The Morgan fingerprint density at radius 2 is 1.94 bits per heavy atom. The van der Waals surface area contributed by atoms with E-state index in [1.54, 1.807) is 19.2 Å². The van der Waals surface area contributed by atoms with E-state index in [0.29, 0.717) is 29.4 Å². The maximum atomic E-state index is 12.5. The van der Waals surface area contributed by atoms with Crippen LogP contribution in [-0.4, -0.2) is 72.7 Å². The average Bonchev–Trinajstić information content (AvgIpc) is 3.13. The van der Waals surface area contributed by atoms with Crippen molar-refractivity contribution >= 4 is 51.1 Å². The summed E-state index contributed by atoms with van der Waals surface area (Å²) in [6.45, 7) is 4.80. The zero-order chi connectivity index (χ0) is 23.1. The van der Waals surface area contributed by atoms with Gasteiger partial charge in [0.15, 0.2) is 4.80 Å². The molecule has 8 nitrogen and oxygen atoms in total. The summed E-state index contributed by atoms with van der Waals surface area (Å²) in [5.74, 6) is 0.475. The number of methoxy groups -OCH3 is 2. The maximum Gasteiger partial charge on any atom is 0.337 e. The molecule has 1 fully saturated rings. The summed E-state index contributed by atoms with van der Waals surface area (Å²) in [4.78, 5) is 43.4. The molecule has 32 heavy (non-hydrogen) atoms. The zero-order valence-corrected chi connectivity index (χ0v) is 20.3. The second-order valence-corrected chi connectivity index (χ2v) is 9.76. The first-order valence-electron chi connectivity index (χ1n) is 10.6. The molecule has 1 saturated heterocycles. The molecule has 0 aliphatic carbocycles. The summed E-state index contributed by atoms with van der Waals surface area (Å²) in [5, 5.41) is 0. The van der Waals surface area contributed by atoms with Crippen molar-refractivity contribution < 1.29 is 23.9 Å². The van der Waals surface area contributed by atoms with Gasteiger partial charge in [-0.3, -0.25) is 9.59 Å². The third-order valence-corrected chi connectivity index (χ3v) is 7.37. The van der Waals surface area contributed by atoms with E-state index in [1.807, 2.05) is 15.5 Å². The highest BCUT2D eigenvalue weighted by Gasteiger charge is 2.20. The lowest BCUT2D eigenvalue weighted by atomic mass is 9.99. The van der Waals surface area contributed by atoms with Gasteiger partial charge in [-0.1, -0.05) is 18.3 Å². The quantitative estimate of drug-likeness (QED) is 0.541. The van der Waals surface area contributed by atoms with Crippen LogP contribution in [0.4, 0.5) is 0 Å². The van der Waals surface area contributed by atoms with E-state index >= 15 is 0 Å². The molecule has 0 radical (unpaired) electrons. The van der Waals surface area contributed by atoms with E-state index < -0.39 is 5.97 Å². The molecule has 2 heterocycles. The second kappa shape index (κ2) is 11.6. The van der Waals surface area contributed by atoms with Crippen LogP contribution in [0.3, 0.4) is 0 Å². The van der Waals surface area contributed by atoms with Crippen LogP contribution in [0.5, 0.6) is 0 Å². The van der Waals surface area contributed by atoms with Gasteiger partial charge in [0.2, 0.25) is 5.91 Å². The van der Waals surface area contributed by atoms with E-state index in [9.17, 15) is 14.4 Å². The minimum Gasteiger partial charge on any atom is -0.465 e. The molecule has 10 heteroatoms. The van der Waals surface area contributed by atoms with Crippen LogP contribution in [0, 0.1) is 5.92 Å². The van der Waals surface area contributed by atoms with Crippen molar-refractivity contribution in [2.75, 3.05) is 45.4 Å². The molecular weight excluding hydrogens is 450 g/mol. The minimum atomic E-state index is -0.414. The van der Waals surface area contributed by atoms with Gasteiger partial charge in [-0.05, 0) is 37.0 Å². The first-order chi connectivity index (χ1) is 15.4. The minimum absolute atomic E-state index is 0.0852. The zero-order valence-electron chi connectivity index (χ0n) is 18.7. The molecule has 0 unspecified atom stereocenters. The number of hydrogen-bond donors (Lipinski definition) is 0. The number of aromatic nitrogens is 1. The van der Waals surface area contributed by atoms with Crippen molar-refractivity contribution in [1.29, 1.82) is 0 Å². The van der Waals surface area contributed by atoms with Crippen molar-refractivity contribution in [3.05, 3.63) is 28.6 Å². The van der Waals surface area contributed by atoms with E-state index in [4.69, 9.17) is 9.47 Å². The van der Waals surface area contributed by atoms with Gasteiger partial charge in [-0.25, -0.2) is 4.79 Å². The second-order valence-electron chi connectivity index (χ2n) is 7.76. The Morgan fingerprint density at radius 1 is 1.19 bits per heavy atom. The first kappa shape index (κ1) is 24.5. The number of amides is 2. The van der Waals surface area contributed by atoms with Crippen LogP contribution in [-0.2, 0) is 25.6 Å². The number of hydrogen-bond acceptors (Lipinski definition) is 7. The summed E-state index contributed by atoms with van der Waals surface area (Å²) in [7, 11) is 2.95. The van der Waals surface area contributed by atoms with Crippen LogP contribution < -0.4 is 4.80 Å². The van der Waals surface area contributed by atoms with Crippen molar-refractivity contribution in [2.24, 2.45) is 10.9 Å². The largest absolute Gasteiger partial charge is 0.465 e. The molecule has 0 N–H and O–H groups in total. The van der Waals surface area contributed by atoms with Crippen LogP contribution in [0.25, 0.3) is 10.2 Å². The number of esters is 1. The van der Waals surface area contributed by atoms with Gasteiger partial charge in [0.05, 0.1) is 41.0 Å². The number of benzene rings is 1. The Labute approximate surface area is 195 Å². The van der Waals surface area contributed by atoms with Crippen LogP contribution in [0.1, 0.15) is 30.1 Å². The highest BCUT2D eigenvalue weighted by Crippen LogP contribution is 2.20. The smallest absolute Gasteiger partial charge is 0.337 e. The van der Waals surface area contributed by atoms with E-state index in [-0.39, 0.29) is 23.3 Å². The van der Waals surface area contributed by atoms with Crippen molar-refractivity contribution in [1.82, 2.24) is 9.47 Å². The van der Waals surface area contributed by atoms with E-state index in [0.717, 1.165) is 36.1 Å². The van der Waals surface area contributed by atoms with Crippen LogP contribution >= 0.6 is 23.1 Å². The Kier molecular flexibility index (Phi) is 8.89. The van der Waals surface area contributed by atoms with Crippen molar-refractivity contribution in [2.45, 2.75) is 26.3 Å². The van der Waals surface area contributed by atoms with E-state index in [1.165, 1.54) is 30.2 Å². The van der Waals surface area contributed by atoms with Gasteiger partial charge < -0.3 is 18.9 Å². The SMILES string of the molecule is COCCn1c(=NC(=O)CSCC(=O)N2CCC(C)CC2)sc2cc(C(=O)OC)ccc21. The molecule has 0 bridgehead atoms. The molecule has 0 spiro atoms. The Hall–Kier alpha value is -2.17. The monoisotopic (exact) mass is 479 g/mol. The number of carbonyl (C=O) groups excluding carboxylic acids is 3. The molecule has 2 amide bonds. The number of carbonyl (C=O) groups is 3. The topological polar surface area (TPSA) is 90.2 Å². The summed E-state index contributed by atoms with van der Waals surface area (Å²) in [6, 6.07) is 5.26. The molecule has 2 aromatic rings. The number of rotatable bonds is 8. The predicted molar refractivity (Wildman–Crippen MR) is 126 cm³/mol. The first-order valence-corrected chi connectivity index (χ1v) is 12.5. The summed E-state index contributed by atoms with van der Waals surface area (Å²) >= 11 is 2.63. The summed E-state index contributed by atoms with van der Waals surface area (Å²) < 4.78 is 12.7. The molecular formula is C22H29N3O5S2. The lowest BCUT2D eigenvalue weighted by Gasteiger charge is -2.30. The molecule has 0 saturated carbocycles. The average molecular weight is 480 g/mol. The highest BCUT2D eigenvalue weighted by atomic mass is 32.2. The lowest BCUT2D eigenvalue weighted by molar-refractivity contribution is -0.129. The maximum absolute atomic E-state index is 12.5. The van der Waals surface area contributed by atoms with Crippen LogP contribution in [0.15, 0.2) is 23.2 Å². The molecule has 1 aromatic heterocycles. The number of thiazole rings is 1. The third kappa shape index (κ3) is 6.20. The fourth-order valence-corrected chi connectivity index (χ4v) is 5.33. The van der Waals surface area contributed by atoms with Crippen molar-refractivity contribution in [3.63, 3.8) is 0 Å². The van der Waals surface area contributed by atoms with Crippen molar-refractivity contribution in [3.8, 4) is 0 Å². The molecule has 3 rings (SSSR count). The standard InChI is InChI=1S/C22H29N3O5S2/c1-15-6-8-24(9-7-15)20(27)14-31-13-19(26)23-22-25(10-11-29-2)17-5-4-16(21(28)30-3)12-18(17)32-22/h4-5,12,15H,6-11,13-14H2,1-3H3. The predicted octanol–water partition coefficient (Wildman–Crippen LogP) is 2.55. The van der Waals surface area contributed by atoms with Gasteiger partial charge in [0.1, 0.15) is 0 Å². The Bertz CT molecular complexity index is 1040. The Balaban J connectivity index is 1.70. The fraction of sp³-hybridized carbons (Fsp3) is 0.545. The third-order valence-electron chi connectivity index (χ3n) is 5.43. The molecule has 1 aromatic carbocycles. The number of thioether (sulfide) groups is 1. The molecule has 0 atom stereocenters. The normalized spacial score (nSPS) is 15.3. The number of likely N-dealkylation sites (tertiary alicyclic amines) is 1. The number of piperidine rings is 1. The van der Waals surface area contributed by atoms with Gasteiger partial charge >= 0.3 is 5.97 Å². The Morgan fingerprint density at radius 3 is 2.62 bits per heavy atom. The van der Waals surface area contributed by atoms with Gasteiger partial charge in [0.25, 0.3) is 5.91 Å². The van der Waals surface area contributed by atoms with Gasteiger partial charge in [-0.15, -0.1) is 11.8 Å². The number of fused-ring (bicyclic) bond motifs is 1. The van der Waals surface area contributed by atoms with Gasteiger partial charge in [0, 0.05) is 26.7 Å². The van der Waals surface area contributed by atoms with Crippen LogP contribution in [0.2, 0.25) is 0 Å². The van der Waals surface area contributed by atoms with Gasteiger partial charge in [-0.2, -0.15) is 4.99 Å². The molecule has 174 valence electrons. The van der Waals surface area contributed by atoms with E-state index in [2.05, 4.69) is 11.9 Å². The molecule has 1 aliphatic rings. The lowest BCUT2D eigenvalue weighted by Crippen LogP contribution is -2.39. The highest BCUT2D eigenvalue weighted by molar-refractivity contribution is 8.00. The molecule has 1 aliphatic heterocycles. The fourth-order valence-electron chi connectivity index (χ4n) is 3.52. The number of ether oxygens (including phenoxy) is 2.